The summed E-state index contributed by atoms with van der Waals surface area (Å²) in [7, 11) is 1.33. The summed E-state index contributed by atoms with van der Waals surface area (Å²) >= 11 is 0. The molecule has 0 aliphatic heterocycles. The quantitative estimate of drug-likeness (QED) is 0.533. The van der Waals surface area contributed by atoms with Gasteiger partial charge >= 0.3 is 5.97 Å². The fourth-order valence-corrected chi connectivity index (χ4v) is 3.41. The molecule has 0 aliphatic rings. The average Bonchev–Trinajstić information content (AvgIpc) is 3.01. The van der Waals surface area contributed by atoms with E-state index in [1.54, 1.807) is 4.57 Å². The van der Waals surface area contributed by atoms with Crippen molar-refractivity contribution < 1.29 is 9.53 Å². The average molecular weight is 374 g/mol. The van der Waals surface area contributed by atoms with Crippen LogP contribution in [0.25, 0.3) is 27.9 Å². The molecule has 2 aromatic carbocycles. The molecule has 0 unspecified atom stereocenters. The molecule has 28 heavy (non-hydrogen) atoms. The van der Waals surface area contributed by atoms with Crippen LogP contribution >= 0.6 is 0 Å². The molecule has 1 atom stereocenters. The van der Waals surface area contributed by atoms with E-state index in [1.165, 1.54) is 12.7 Å². The molecule has 0 bridgehead atoms. The summed E-state index contributed by atoms with van der Waals surface area (Å²) in [5.41, 5.74) is 11.1. The van der Waals surface area contributed by atoms with E-state index < -0.39 is 5.97 Å². The number of fused-ring (bicyclic) bond motifs is 2. The highest BCUT2D eigenvalue weighted by Gasteiger charge is 2.25. The first kappa shape index (κ1) is 18.0. The summed E-state index contributed by atoms with van der Waals surface area (Å²) in [5.74, 6) is 0.220. The number of carbonyl (C=O) groups excluding carboxylic acids is 1. The van der Waals surface area contributed by atoms with E-state index in [1.807, 2.05) is 36.4 Å². The third kappa shape index (κ3) is 2.78. The number of aromatic nitrogens is 3. The van der Waals surface area contributed by atoms with Crippen molar-refractivity contribution in [1.29, 1.82) is 0 Å². The molecule has 142 valence electrons. The Hall–Kier alpha value is -3.41. The minimum absolute atomic E-state index is 0.238. The van der Waals surface area contributed by atoms with E-state index in [2.05, 4.69) is 31.0 Å². The van der Waals surface area contributed by atoms with Gasteiger partial charge in [0, 0.05) is 5.69 Å². The van der Waals surface area contributed by atoms with E-state index in [4.69, 9.17) is 15.5 Å². The largest absolute Gasteiger partial charge is 0.465 e. The van der Waals surface area contributed by atoms with Crippen LogP contribution in [-0.4, -0.2) is 27.6 Å². The second-order valence-electron chi connectivity index (χ2n) is 6.87. The molecule has 0 aliphatic carbocycles. The van der Waals surface area contributed by atoms with Crippen molar-refractivity contribution in [3.05, 3.63) is 59.7 Å². The molecular formula is C22H22N4O2. The predicted octanol–water partition coefficient (Wildman–Crippen LogP) is 4.46. The first-order valence-corrected chi connectivity index (χ1v) is 9.30. The zero-order valence-corrected chi connectivity index (χ0v) is 16.1. The van der Waals surface area contributed by atoms with Gasteiger partial charge < -0.3 is 10.5 Å². The third-order valence-electron chi connectivity index (χ3n) is 5.22. The monoisotopic (exact) mass is 374 g/mol. The van der Waals surface area contributed by atoms with Crippen LogP contribution in [0.15, 0.2) is 48.5 Å². The summed E-state index contributed by atoms with van der Waals surface area (Å²) < 4.78 is 6.72. The molecule has 0 spiro atoms. The lowest BCUT2D eigenvalue weighted by Crippen LogP contribution is -2.07. The molecule has 0 radical (unpaired) electrons. The maximum atomic E-state index is 12.4. The van der Waals surface area contributed by atoms with Crippen LogP contribution in [0.3, 0.4) is 0 Å². The van der Waals surface area contributed by atoms with Crippen LogP contribution in [0.2, 0.25) is 0 Å². The van der Waals surface area contributed by atoms with Crippen molar-refractivity contribution in [2.75, 3.05) is 12.8 Å². The highest BCUT2D eigenvalue weighted by atomic mass is 16.5. The third-order valence-corrected chi connectivity index (χ3v) is 5.22. The highest BCUT2D eigenvalue weighted by molar-refractivity contribution is 6.08. The van der Waals surface area contributed by atoms with Crippen LogP contribution in [0.1, 0.15) is 42.1 Å². The number of para-hydroxylation sites is 2. The van der Waals surface area contributed by atoms with Crippen LogP contribution in [0, 0.1) is 0 Å². The lowest BCUT2D eigenvalue weighted by Gasteiger charge is -2.12. The summed E-state index contributed by atoms with van der Waals surface area (Å²) in [4.78, 5) is 21.8. The van der Waals surface area contributed by atoms with Gasteiger partial charge in [0.05, 0.1) is 18.1 Å². The predicted molar refractivity (Wildman–Crippen MR) is 111 cm³/mol. The Morgan fingerprint density at radius 2 is 1.75 bits per heavy atom. The lowest BCUT2D eigenvalue weighted by atomic mass is 9.99. The first-order chi connectivity index (χ1) is 13.5. The molecule has 6 heteroatoms. The number of ether oxygens (including phenoxy) is 1. The van der Waals surface area contributed by atoms with E-state index in [0.29, 0.717) is 22.6 Å². The smallest absolute Gasteiger partial charge is 0.343 e. The molecule has 0 saturated carbocycles. The number of anilines is 1. The van der Waals surface area contributed by atoms with Gasteiger partial charge in [0.2, 0.25) is 0 Å². The number of nitrogens with zero attached hydrogens (tertiary/aromatic N) is 3. The number of hydrogen-bond donors (Lipinski definition) is 1. The van der Waals surface area contributed by atoms with Crippen LogP contribution < -0.4 is 5.73 Å². The standard InChI is InChI=1S/C22H22N4O2/c1-4-13(2)14-9-11-15(12-10-14)26-20(23)18(22(27)28-3)19-21(26)25-17-8-6-5-7-16(17)24-19/h5-13H,4,23H2,1-3H3/t13-/m0/s1. The van der Waals surface area contributed by atoms with Crippen molar-refractivity contribution in [2.45, 2.75) is 26.2 Å². The van der Waals surface area contributed by atoms with Crippen molar-refractivity contribution in [1.82, 2.24) is 14.5 Å². The fraction of sp³-hybridized carbons (Fsp3) is 0.227. The number of methoxy groups -OCH3 is 1. The zero-order chi connectivity index (χ0) is 19.8. The number of benzene rings is 2. The van der Waals surface area contributed by atoms with Crippen LogP contribution in [0.4, 0.5) is 5.82 Å². The number of esters is 1. The van der Waals surface area contributed by atoms with Gasteiger partial charge in [-0.3, -0.25) is 4.57 Å². The molecule has 2 N–H and O–H groups in total. The fourth-order valence-electron chi connectivity index (χ4n) is 3.41. The molecule has 0 saturated heterocycles. The van der Waals surface area contributed by atoms with Crippen molar-refractivity contribution in [3.63, 3.8) is 0 Å². The van der Waals surface area contributed by atoms with Gasteiger partial charge in [-0.05, 0) is 42.2 Å². The summed E-state index contributed by atoms with van der Waals surface area (Å²) in [6.07, 6.45) is 1.07. The van der Waals surface area contributed by atoms with Gasteiger partial charge in [-0.15, -0.1) is 0 Å². The van der Waals surface area contributed by atoms with Crippen molar-refractivity contribution >= 4 is 34.0 Å². The minimum atomic E-state index is -0.526. The normalized spacial score (nSPS) is 12.4. The summed E-state index contributed by atoms with van der Waals surface area (Å²) in [6.45, 7) is 4.36. The Morgan fingerprint density at radius 3 is 2.36 bits per heavy atom. The Balaban J connectivity index is 2.00. The number of carbonyl (C=O) groups is 1. The van der Waals surface area contributed by atoms with Crippen molar-refractivity contribution in [3.8, 4) is 5.69 Å². The van der Waals surface area contributed by atoms with E-state index >= 15 is 0 Å². The number of nitrogen functional groups attached to an aromatic ring is 1. The topological polar surface area (TPSA) is 83.0 Å². The van der Waals surface area contributed by atoms with Crippen molar-refractivity contribution in [2.24, 2.45) is 0 Å². The Morgan fingerprint density at radius 1 is 1.11 bits per heavy atom. The SMILES string of the molecule is CC[C@H](C)c1ccc(-n2c(N)c(C(=O)OC)c3nc4ccccc4nc32)cc1. The van der Waals surface area contributed by atoms with Crippen LogP contribution in [0.5, 0.6) is 0 Å². The maximum absolute atomic E-state index is 12.4. The number of hydrogen-bond acceptors (Lipinski definition) is 5. The maximum Gasteiger partial charge on any atom is 0.343 e. The molecular weight excluding hydrogens is 352 g/mol. The van der Waals surface area contributed by atoms with E-state index in [0.717, 1.165) is 17.6 Å². The molecule has 2 aromatic heterocycles. The minimum Gasteiger partial charge on any atom is -0.465 e. The molecule has 6 nitrogen and oxygen atoms in total. The second kappa shape index (κ2) is 6.96. The van der Waals surface area contributed by atoms with Crippen LogP contribution in [-0.2, 0) is 4.74 Å². The van der Waals surface area contributed by atoms with Gasteiger partial charge in [-0.2, -0.15) is 0 Å². The summed E-state index contributed by atoms with van der Waals surface area (Å²) in [5, 5.41) is 0. The first-order valence-electron chi connectivity index (χ1n) is 9.30. The second-order valence-corrected chi connectivity index (χ2v) is 6.87. The number of rotatable bonds is 4. The molecule has 0 amide bonds. The molecule has 4 aromatic rings. The number of nitrogens with two attached hydrogens (primary N) is 1. The molecule has 4 rings (SSSR count). The van der Waals surface area contributed by atoms with Gasteiger partial charge in [0.25, 0.3) is 0 Å². The van der Waals surface area contributed by atoms with E-state index in [-0.39, 0.29) is 11.4 Å². The Kier molecular flexibility index (Phi) is 4.47. The Bertz CT molecular complexity index is 1180. The lowest BCUT2D eigenvalue weighted by molar-refractivity contribution is 0.0604. The van der Waals surface area contributed by atoms with Gasteiger partial charge in [-0.1, -0.05) is 38.1 Å². The zero-order valence-electron chi connectivity index (χ0n) is 16.1. The van der Waals surface area contributed by atoms with Gasteiger partial charge in [-0.25, -0.2) is 14.8 Å². The van der Waals surface area contributed by atoms with Gasteiger partial charge in [0.15, 0.2) is 5.65 Å². The Labute approximate surface area is 163 Å². The molecule has 2 heterocycles. The summed E-state index contributed by atoms with van der Waals surface area (Å²) in [6, 6.07) is 15.7. The molecule has 0 fully saturated rings. The highest BCUT2D eigenvalue weighted by Crippen LogP contribution is 2.32. The van der Waals surface area contributed by atoms with Gasteiger partial charge in [0.1, 0.15) is 16.9 Å². The van der Waals surface area contributed by atoms with E-state index in [9.17, 15) is 4.79 Å².